The van der Waals surface area contributed by atoms with Gasteiger partial charge in [0.15, 0.2) is 0 Å². The van der Waals surface area contributed by atoms with Crippen LogP contribution in [0.3, 0.4) is 0 Å². The Morgan fingerprint density at radius 1 is 1.60 bits per heavy atom. The minimum Gasteiger partial charge on any atom is -0.480 e. The average molecular weight is 276 g/mol. The summed E-state index contributed by atoms with van der Waals surface area (Å²) in [7, 11) is 0. The number of non-ortho nitro benzene ring substituents is 1. The lowest BCUT2D eigenvalue weighted by Crippen LogP contribution is -2.50. The summed E-state index contributed by atoms with van der Waals surface area (Å²) in [6, 6.07) is 5.80. The van der Waals surface area contributed by atoms with Crippen LogP contribution in [0.1, 0.15) is 12.0 Å². The van der Waals surface area contributed by atoms with Crippen molar-refractivity contribution in [1.29, 1.82) is 5.26 Å². The largest absolute Gasteiger partial charge is 0.480 e. The first-order valence-electron chi connectivity index (χ1n) is 5.83. The van der Waals surface area contributed by atoms with E-state index in [4.69, 9.17) is 16.1 Å². The highest BCUT2D eigenvalue weighted by molar-refractivity contribution is 5.81. The predicted molar refractivity (Wildman–Crippen MR) is 69.2 cm³/mol. The molecule has 0 spiro atoms. The molecule has 0 radical (unpaired) electrons. The SMILES string of the molecule is N#Cc1cc([N+](=O)[O-])ccc1N1CCC(N)(C(=O)O)C1. The highest BCUT2D eigenvalue weighted by atomic mass is 16.6. The number of nitriles is 1. The number of carbonyl (C=O) groups is 1. The Morgan fingerprint density at radius 3 is 2.80 bits per heavy atom. The van der Waals surface area contributed by atoms with Gasteiger partial charge in [-0.15, -0.1) is 0 Å². The van der Waals surface area contributed by atoms with Gasteiger partial charge in [0.2, 0.25) is 0 Å². The predicted octanol–water partition coefficient (Wildman–Crippen LogP) is 0.459. The lowest BCUT2D eigenvalue weighted by Gasteiger charge is -2.22. The first-order valence-corrected chi connectivity index (χ1v) is 5.83. The molecule has 1 aliphatic heterocycles. The molecular formula is C12H12N4O4. The molecule has 1 atom stereocenters. The van der Waals surface area contributed by atoms with E-state index in [1.807, 2.05) is 6.07 Å². The molecule has 0 amide bonds. The van der Waals surface area contributed by atoms with Gasteiger partial charge >= 0.3 is 5.97 Å². The molecule has 20 heavy (non-hydrogen) atoms. The van der Waals surface area contributed by atoms with Crippen molar-refractivity contribution in [2.45, 2.75) is 12.0 Å². The number of anilines is 1. The number of benzene rings is 1. The van der Waals surface area contributed by atoms with Gasteiger partial charge in [0, 0.05) is 25.2 Å². The van der Waals surface area contributed by atoms with E-state index in [0.29, 0.717) is 12.2 Å². The van der Waals surface area contributed by atoms with Crippen LogP contribution in [0.15, 0.2) is 18.2 Å². The standard InChI is InChI=1S/C12H12N4O4/c13-6-8-5-9(16(19)20)1-2-10(8)15-4-3-12(14,7-15)11(17)18/h1-2,5H,3-4,7,14H2,(H,17,18). The molecule has 1 unspecified atom stereocenters. The van der Waals surface area contributed by atoms with Crippen LogP contribution in [-0.4, -0.2) is 34.6 Å². The maximum Gasteiger partial charge on any atom is 0.325 e. The molecule has 0 aromatic heterocycles. The molecule has 0 bridgehead atoms. The zero-order chi connectivity index (χ0) is 14.9. The molecule has 0 aliphatic carbocycles. The summed E-state index contributed by atoms with van der Waals surface area (Å²) in [5, 5.41) is 28.8. The summed E-state index contributed by atoms with van der Waals surface area (Å²) in [4.78, 5) is 22.8. The normalized spacial score (nSPS) is 21.5. The van der Waals surface area contributed by atoms with Gasteiger partial charge in [-0.3, -0.25) is 14.9 Å². The lowest BCUT2D eigenvalue weighted by atomic mass is 10.0. The molecule has 1 aliphatic rings. The van der Waals surface area contributed by atoms with E-state index in [0.717, 1.165) is 0 Å². The van der Waals surface area contributed by atoms with Crippen LogP contribution in [0.5, 0.6) is 0 Å². The van der Waals surface area contributed by atoms with Gasteiger partial charge in [0.05, 0.1) is 16.2 Å². The molecule has 1 heterocycles. The highest BCUT2D eigenvalue weighted by Crippen LogP contribution is 2.30. The van der Waals surface area contributed by atoms with Crippen molar-refractivity contribution >= 4 is 17.3 Å². The molecule has 3 N–H and O–H groups in total. The molecule has 8 heteroatoms. The van der Waals surface area contributed by atoms with Crippen LogP contribution in [0, 0.1) is 21.4 Å². The molecular weight excluding hydrogens is 264 g/mol. The van der Waals surface area contributed by atoms with Crippen molar-refractivity contribution in [3.05, 3.63) is 33.9 Å². The third-order valence-corrected chi connectivity index (χ3v) is 3.38. The van der Waals surface area contributed by atoms with Crippen molar-refractivity contribution in [1.82, 2.24) is 0 Å². The maximum atomic E-state index is 11.1. The Bertz CT molecular complexity index is 624. The maximum absolute atomic E-state index is 11.1. The molecule has 2 rings (SSSR count). The average Bonchev–Trinajstić information content (AvgIpc) is 2.82. The second kappa shape index (κ2) is 4.79. The number of nitrogens with two attached hydrogens (primary N) is 1. The van der Waals surface area contributed by atoms with E-state index in [2.05, 4.69) is 0 Å². The van der Waals surface area contributed by atoms with Gasteiger partial charge in [-0.1, -0.05) is 0 Å². The number of nitro benzene ring substituents is 1. The van der Waals surface area contributed by atoms with Crippen LogP contribution in [-0.2, 0) is 4.79 Å². The number of aliphatic carboxylic acids is 1. The van der Waals surface area contributed by atoms with E-state index in [1.54, 1.807) is 4.90 Å². The quantitative estimate of drug-likeness (QED) is 0.604. The van der Waals surface area contributed by atoms with Gasteiger partial charge < -0.3 is 15.7 Å². The summed E-state index contributed by atoms with van der Waals surface area (Å²) in [5.74, 6) is -1.10. The molecule has 1 aromatic carbocycles. The van der Waals surface area contributed by atoms with Crippen LogP contribution in [0.4, 0.5) is 11.4 Å². The number of hydrogen-bond acceptors (Lipinski definition) is 6. The smallest absolute Gasteiger partial charge is 0.325 e. The number of hydrogen-bond donors (Lipinski definition) is 2. The summed E-state index contributed by atoms with van der Waals surface area (Å²) >= 11 is 0. The molecule has 8 nitrogen and oxygen atoms in total. The summed E-state index contributed by atoms with van der Waals surface area (Å²) in [6.07, 6.45) is 0.254. The van der Waals surface area contributed by atoms with Crippen molar-refractivity contribution in [2.24, 2.45) is 5.73 Å². The molecule has 1 saturated heterocycles. The lowest BCUT2D eigenvalue weighted by molar-refractivity contribution is -0.384. The minimum absolute atomic E-state index is 0.0643. The van der Waals surface area contributed by atoms with Crippen LogP contribution in [0.2, 0.25) is 0 Å². The van der Waals surface area contributed by atoms with Crippen molar-refractivity contribution < 1.29 is 14.8 Å². The fourth-order valence-electron chi connectivity index (χ4n) is 2.22. The van der Waals surface area contributed by atoms with Crippen molar-refractivity contribution in [3.63, 3.8) is 0 Å². The fourth-order valence-corrected chi connectivity index (χ4v) is 2.22. The fraction of sp³-hybridized carbons (Fsp3) is 0.333. The van der Waals surface area contributed by atoms with E-state index in [9.17, 15) is 14.9 Å². The van der Waals surface area contributed by atoms with Gasteiger partial charge in [-0.05, 0) is 12.5 Å². The number of carboxylic acids is 1. The van der Waals surface area contributed by atoms with Gasteiger partial charge in [-0.25, -0.2) is 0 Å². The van der Waals surface area contributed by atoms with E-state index >= 15 is 0 Å². The zero-order valence-corrected chi connectivity index (χ0v) is 10.4. The number of carboxylic acid groups (broad SMARTS) is 1. The van der Waals surface area contributed by atoms with E-state index in [1.165, 1.54) is 18.2 Å². The van der Waals surface area contributed by atoms with Crippen LogP contribution in [0.25, 0.3) is 0 Å². The first kappa shape index (κ1) is 13.8. The topological polar surface area (TPSA) is 133 Å². The number of rotatable bonds is 3. The summed E-state index contributed by atoms with van der Waals surface area (Å²) in [6.45, 7) is 0.449. The highest BCUT2D eigenvalue weighted by Gasteiger charge is 2.41. The third-order valence-electron chi connectivity index (χ3n) is 3.38. The Kier molecular flexibility index (Phi) is 3.29. The summed E-state index contributed by atoms with van der Waals surface area (Å²) < 4.78 is 0. The molecule has 104 valence electrons. The third kappa shape index (κ3) is 2.26. The van der Waals surface area contributed by atoms with Crippen molar-refractivity contribution in [3.8, 4) is 6.07 Å². The minimum atomic E-state index is -1.35. The Hall–Kier alpha value is -2.66. The second-order valence-corrected chi connectivity index (χ2v) is 4.70. The van der Waals surface area contributed by atoms with E-state index < -0.39 is 16.4 Å². The van der Waals surface area contributed by atoms with Crippen LogP contribution < -0.4 is 10.6 Å². The van der Waals surface area contributed by atoms with Gasteiger partial charge in [0.1, 0.15) is 11.6 Å². The summed E-state index contributed by atoms with van der Waals surface area (Å²) in [5.41, 5.74) is 4.83. The Balaban J connectivity index is 2.34. The zero-order valence-electron chi connectivity index (χ0n) is 10.4. The van der Waals surface area contributed by atoms with Crippen molar-refractivity contribution in [2.75, 3.05) is 18.0 Å². The molecule has 0 saturated carbocycles. The molecule has 1 aromatic rings. The first-order chi connectivity index (χ1) is 9.37. The Labute approximate surface area is 114 Å². The molecule has 1 fully saturated rings. The van der Waals surface area contributed by atoms with Crippen LogP contribution >= 0.6 is 0 Å². The monoisotopic (exact) mass is 276 g/mol. The number of nitro groups is 1. The van der Waals surface area contributed by atoms with Gasteiger partial charge in [0.25, 0.3) is 5.69 Å². The second-order valence-electron chi connectivity index (χ2n) is 4.70. The Morgan fingerprint density at radius 2 is 2.30 bits per heavy atom. The van der Waals surface area contributed by atoms with E-state index in [-0.39, 0.29) is 24.2 Å². The number of nitrogens with zero attached hydrogens (tertiary/aromatic N) is 3. The van der Waals surface area contributed by atoms with Gasteiger partial charge in [-0.2, -0.15) is 5.26 Å².